The first kappa shape index (κ1) is 19.2. The van der Waals surface area contributed by atoms with E-state index in [4.69, 9.17) is 0 Å². The molecular formula is C19H29N5OS. The summed E-state index contributed by atoms with van der Waals surface area (Å²) in [7, 11) is 4.05. The van der Waals surface area contributed by atoms with Crippen molar-refractivity contribution < 1.29 is 5.11 Å². The number of aryl methyl sites for hydroxylation is 1. The van der Waals surface area contributed by atoms with Gasteiger partial charge in [0.2, 0.25) is 0 Å². The van der Waals surface area contributed by atoms with Crippen molar-refractivity contribution in [3.05, 3.63) is 40.7 Å². The van der Waals surface area contributed by atoms with Crippen LogP contribution in [0.4, 0.5) is 5.13 Å². The van der Waals surface area contributed by atoms with E-state index in [1.165, 1.54) is 4.88 Å². The molecule has 1 fully saturated rings. The van der Waals surface area contributed by atoms with Gasteiger partial charge in [-0.25, -0.2) is 4.98 Å². The monoisotopic (exact) mass is 375 g/mol. The van der Waals surface area contributed by atoms with Crippen LogP contribution in [0.25, 0.3) is 0 Å². The van der Waals surface area contributed by atoms with E-state index in [0.717, 1.165) is 55.7 Å². The molecule has 1 unspecified atom stereocenters. The van der Waals surface area contributed by atoms with Crippen LogP contribution in [-0.2, 0) is 13.1 Å². The van der Waals surface area contributed by atoms with Gasteiger partial charge in [0.1, 0.15) is 0 Å². The maximum absolute atomic E-state index is 9.51. The number of nitrogens with zero attached hydrogens (tertiary/aromatic N) is 5. The summed E-state index contributed by atoms with van der Waals surface area (Å²) in [4.78, 5) is 17.4. The van der Waals surface area contributed by atoms with Gasteiger partial charge >= 0.3 is 0 Å². The van der Waals surface area contributed by atoms with Crippen molar-refractivity contribution in [3.8, 4) is 0 Å². The van der Waals surface area contributed by atoms with Crippen LogP contribution in [0.1, 0.15) is 22.7 Å². The van der Waals surface area contributed by atoms with E-state index in [1.54, 1.807) is 11.3 Å². The number of pyridine rings is 1. The number of piperazine rings is 1. The number of aliphatic hydroxyl groups excluding tert-OH is 1. The lowest BCUT2D eigenvalue weighted by Crippen LogP contribution is -2.52. The summed E-state index contributed by atoms with van der Waals surface area (Å²) < 4.78 is 0. The molecule has 0 spiro atoms. The summed E-state index contributed by atoms with van der Waals surface area (Å²) in [6, 6.07) is 6.55. The van der Waals surface area contributed by atoms with E-state index in [2.05, 4.69) is 36.8 Å². The van der Waals surface area contributed by atoms with E-state index in [0.29, 0.717) is 6.04 Å². The van der Waals surface area contributed by atoms with Gasteiger partial charge in [0.05, 0.1) is 5.69 Å². The zero-order chi connectivity index (χ0) is 18.5. The third-order valence-corrected chi connectivity index (χ3v) is 5.92. The smallest absolute Gasteiger partial charge is 0.185 e. The minimum Gasteiger partial charge on any atom is -0.396 e. The summed E-state index contributed by atoms with van der Waals surface area (Å²) in [5, 5.41) is 10.6. The lowest BCUT2D eigenvalue weighted by Gasteiger charge is -2.41. The summed E-state index contributed by atoms with van der Waals surface area (Å²) in [6.45, 7) is 7.05. The highest BCUT2D eigenvalue weighted by atomic mass is 32.1. The van der Waals surface area contributed by atoms with Crippen LogP contribution in [0.15, 0.2) is 24.4 Å². The first-order valence-electron chi connectivity index (χ1n) is 9.17. The Balaban J connectivity index is 1.61. The molecule has 0 aromatic carbocycles. The minimum absolute atomic E-state index is 0.224. The standard InChI is InChI=1S/C19H29N5OS/c1-15-5-4-6-16(21-15)12-24-9-8-23(13-17(24)7-10-25)14-18-11-20-19(26-18)22(2)3/h4-6,11,17,25H,7-10,12-14H2,1-3H3. The van der Waals surface area contributed by atoms with Gasteiger partial charge in [-0.1, -0.05) is 6.07 Å². The van der Waals surface area contributed by atoms with Crippen molar-refractivity contribution >= 4 is 16.5 Å². The molecule has 3 rings (SSSR count). The van der Waals surface area contributed by atoms with Gasteiger partial charge in [-0.3, -0.25) is 14.8 Å². The maximum atomic E-state index is 9.51. The molecule has 0 radical (unpaired) electrons. The number of thiazole rings is 1. The Kier molecular flexibility index (Phi) is 6.58. The fourth-order valence-corrected chi connectivity index (χ4v) is 4.30. The molecular weight excluding hydrogens is 346 g/mol. The van der Waals surface area contributed by atoms with Gasteiger partial charge in [-0.2, -0.15) is 0 Å². The van der Waals surface area contributed by atoms with Gasteiger partial charge in [0, 0.05) is 76.2 Å². The number of aliphatic hydroxyl groups is 1. The van der Waals surface area contributed by atoms with E-state index in [-0.39, 0.29) is 6.61 Å². The zero-order valence-corrected chi connectivity index (χ0v) is 16.7. The molecule has 2 aromatic heterocycles. The Labute approximate surface area is 160 Å². The molecule has 1 aliphatic heterocycles. The molecule has 0 bridgehead atoms. The Morgan fingerprint density at radius 2 is 2.12 bits per heavy atom. The maximum Gasteiger partial charge on any atom is 0.185 e. The minimum atomic E-state index is 0.224. The third kappa shape index (κ3) is 5.01. The van der Waals surface area contributed by atoms with E-state index >= 15 is 0 Å². The molecule has 7 heteroatoms. The summed E-state index contributed by atoms with van der Waals surface area (Å²) >= 11 is 1.75. The van der Waals surface area contributed by atoms with Crippen LogP contribution in [-0.4, -0.2) is 71.3 Å². The van der Waals surface area contributed by atoms with E-state index < -0.39 is 0 Å². The molecule has 2 aromatic rings. The molecule has 1 saturated heterocycles. The zero-order valence-electron chi connectivity index (χ0n) is 15.9. The highest BCUT2D eigenvalue weighted by molar-refractivity contribution is 7.15. The molecule has 1 atom stereocenters. The highest BCUT2D eigenvalue weighted by Crippen LogP contribution is 2.24. The molecule has 1 N–H and O–H groups in total. The van der Waals surface area contributed by atoms with Crippen LogP contribution in [0.3, 0.4) is 0 Å². The fraction of sp³-hybridized carbons (Fsp3) is 0.579. The second-order valence-corrected chi connectivity index (χ2v) is 8.24. The van der Waals surface area contributed by atoms with Crippen LogP contribution < -0.4 is 4.90 Å². The van der Waals surface area contributed by atoms with Crippen LogP contribution in [0.5, 0.6) is 0 Å². The van der Waals surface area contributed by atoms with Crippen molar-refractivity contribution in [2.45, 2.75) is 32.5 Å². The van der Waals surface area contributed by atoms with E-state index in [1.807, 2.05) is 33.3 Å². The van der Waals surface area contributed by atoms with Crippen molar-refractivity contribution in [3.63, 3.8) is 0 Å². The predicted octanol–water partition coefficient (Wildman–Crippen LogP) is 1.98. The highest BCUT2D eigenvalue weighted by Gasteiger charge is 2.27. The number of hydrogen-bond donors (Lipinski definition) is 1. The van der Waals surface area contributed by atoms with Crippen LogP contribution in [0, 0.1) is 6.92 Å². The fourth-order valence-electron chi connectivity index (χ4n) is 3.42. The van der Waals surface area contributed by atoms with Crippen molar-refractivity contribution in [2.24, 2.45) is 0 Å². The molecule has 1 aliphatic rings. The van der Waals surface area contributed by atoms with Gasteiger partial charge in [-0.05, 0) is 25.5 Å². The van der Waals surface area contributed by atoms with Crippen molar-refractivity contribution in [1.29, 1.82) is 0 Å². The number of anilines is 1. The number of rotatable bonds is 7. The predicted molar refractivity (Wildman–Crippen MR) is 107 cm³/mol. The second-order valence-electron chi connectivity index (χ2n) is 7.15. The van der Waals surface area contributed by atoms with Crippen molar-refractivity contribution in [1.82, 2.24) is 19.8 Å². The number of aromatic nitrogens is 2. The van der Waals surface area contributed by atoms with Crippen molar-refractivity contribution in [2.75, 3.05) is 45.2 Å². The average Bonchev–Trinajstić information content (AvgIpc) is 3.06. The Morgan fingerprint density at radius 1 is 1.27 bits per heavy atom. The number of hydrogen-bond acceptors (Lipinski definition) is 7. The largest absolute Gasteiger partial charge is 0.396 e. The van der Waals surface area contributed by atoms with E-state index in [9.17, 15) is 5.11 Å². The first-order valence-corrected chi connectivity index (χ1v) is 9.98. The average molecular weight is 376 g/mol. The molecule has 142 valence electrons. The normalized spacial score (nSPS) is 19.0. The Bertz CT molecular complexity index is 705. The lowest BCUT2D eigenvalue weighted by molar-refractivity contribution is 0.0496. The summed E-state index contributed by atoms with van der Waals surface area (Å²) in [5.74, 6) is 0. The Morgan fingerprint density at radius 3 is 2.81 bits per heavy atom. The molecule has 0 saturated carbocycles. The molecule has 6 nitrogen and oxygen atoms in total. The van der Waals surface area contributed by atoms with Crippen LogP contribution >= 0.6 is 11.3 Å². The lowest BCUT2D eigenvalue weighted by atomic mass is 10.1. The summed E-state index contributed by atoms with van der Waals surface area (Å²) in [6.07, 6.45) is 2.79. The third-order valence-electron chi connectivity index (χ3n) is 4.77. The first-order chi connectivity index (χ1) is 12.5. The molecule has 3 heterocycles. The van der Waals surface area contributed by atoms with Gasteiger partial charge in [-0.15, -0.1) is 11.3 Å². The topological polar surface area (TPSA) is 55.7 Å². The van der Waals surface area contributed by atoms with Gasteiger partial charge < -0.3 is 10.0 Å². The molecule has 0 aliphatic carbocycles. The summed E-state index contributed by atoms with van der Waals surface area (Å²) in [5.41, 5.74) is 2.17. The van der Waals surface area contributed by atoms with Crippen LogP contribution in [0.2, 0.25) is 0 Å². The molecule has 26 heavy (non-hydrogen) atoms. The second kappa shape index (κ2) is 8.90. The Hall–Kier alpha value is -1.54. The van der Waals surface area contributed by atoms with Gasteiger partial charge in [0.25, 0.3) is 0 Å². The molecule has 0 amide bonds. The van der Waals surface area contributed by atoms with Gasteiger partial charge in [0.15, 0.2) is 5.13 Å². The SMILES string of the molecule is Cc1cccc(CN2CCN(Cc3cnc(N(C)C)s3)CC2CCO)n1. The quantitative estimate of drug-likeness (QED) is 0.799.